The Morgan fingerprint density at radius 3 is 2.40 bits per heavy atom. The molecule has 0 fully saturated rings. The van der Waals surface area contributed by atoms with Crippen LogP contribution in [-0.2, 0) is 23.9 Å². The number of rotatable bonds is 6. The maximum absolute atomic E-state index is 10.9. The zero-order valence-electron chi connectivity index (χ0n) is 8.26. The van der Waals surface area contributed by atoms with E-state index in [1.54, 1.807) is 0 Å². The van der Waals surface area contributed by atoms with Gasteiger partial charge in [0.2, 0.25) is 6.79 Å². The highest BCUT2D eigenvalue weighted by Crippen LogP contribution is 1.97. The molecule has 0 aromatic heterocycles. The number of carbonyl (C=O) groups excluding carboxylic acids is 2. The van der Waals surface area contributed by atoms with E-state index in [-0.39, 0.29) is 12.8 Å². The van der Waals surface area contributed by atoms with Crippen LogP contribution < -0.4 is 5.73 Å². The fourth-order valence-corrected chi connectivity index (χ4v) is 0.647. The second-order valence-electron chi connectivity index (χ2n) is 2.75. The van der Waals surface area contributed by atoms with E-state index < -0.39 is 30.7 Å². The van der Waals surface area contributed by atoms with Crippen LogP contribution in [0.1, 0.15) is 19.8 Å². The Hall–Kier alpha value is -1.63. The van der Waals surface area contributed by atoms with Crippen LogP contribution in [0.3, 0.4) is 0 Å². The first kappa shape index (κ1) is 13.4. The number of hydrogen-bond donors (Lipinski definition) is 2. The number of carbonyl (C=O) groups is 3. The van der Waals surface area contributed by atoms with Crippen molar-refractivity contribution in [1.29, 1.82) is 0 Å². The van der Waals surface area contributed by atoms with E-state index >= 15 is 0 Å². The van der Waals surface area contributed by atoms with Gasteiger partial charge in [-0.2, -0.15) is 0 Å². The highest BCUT2D eigenvalue weighted by molar-refractivity contribution is 5.75. The molecule has 15 heavy (non-hydrogen) atoms. The molecule has 0 amide bonds. The molecule has 0 rings (SSSR count). The summed E-state index contributed by atoms with van der Waals surface area (Å²) in [5.41, 5.74) is 5.15. The van der Waals surface area contributed by atoms with Crippen molar-refractivity contribution in [1.82, 2.24) is 0 Å². The summed E-state index contributed by atoms with van der Waals surface area (Å²) in [6.07, 6.45) is -0.150. The minimum absolute atomic E-state index is 0.0196. The fraction of sp³-hybridized carbons (Fsp3) is 0.625. The number of esters is 2. The van der Waals surface area contributed by atoms with Gasteiger partial charge in [-0.3, -0.25) is 14.4 Å². The standard InChI is InChI=1S/C8H13NO6/c1-5(10)14-4-15-7(11)3-2-6(9)8(12)13/h6H,2-4,9H2,1H3,(H,12,13). The third-order valence-corrected chi connectivity index (χ3v) is 1.46. The Labute approximate surface area is 86.1 Å². The topological polar surface area (TPSA) is 116 Å². The van der Waals surface area contributed by atoms with Gasteiger partial charge in [0.1, 0.15) is 6.04 Å². The van der Waals surface area contributed by atoms with E-state index in [0.29, 0.717) is 0 Å². The lowest BCUT2D eigenvalue weighted by Gasteiger charge is -2.06. The summed E-state index contributed by atoms with van der Waals surface area (Å²) in [6.45, 7) is 0.713. The van der Waals surface area contributed by atoms with Gasteiger partial charge in [-0.05, 0) is 6.42 Å². The molecular weight excluding hydrogens is 206 g/mol. The first-order valence-electron chi connectivity index (χ1n) is 4.21. The lowest BCUT2D eigenvalue weighted by atomic mass is 10.2. The van der Waals surface area contributed by atoms with Crippen molar-refractivity contribution in [2.75, 3.05) is 6.79 Å². The molecule has 1 unspecified atom stereocenters. The van der Waals surface area contributed by atoms with E-state index in [4.69, 9.17) is 10.8 Å². The Kier molecular flexibility index (Phi) is 6.03. The number of nitrogens with two attached hydrogens (primary N) is 1. The second kappa shape index (κ2) is 6.77. The summed E-state index contributed by atoms with van der Waals surface area (Å²) in [6, 6.07) is -1.09. The molecule has 0 bridgehead atoms. The molecule has 0 aliphatic heterocycles. The first-order chi connectivity index (χ1) is 6.93. The average molecular weight is 219 g/mol. The van der Waals surface area contributed by atoms with Crippen molar-refractivity contribution in [2.45, 2.75) is 25.8 Å². The van der Waals surface area contributed by atoms with Crippen LogP contribution in [0.15, 0.2) is 0 Å². The molecule has 1 atom stereocenters. The Balaban J connectivity index is 3.57. The summed E-state index contributed by atoms with van der Waals surface area (Å²) in [5, 5.41) is 8.40. The van der Waals surface area contributed by atoms with Gasteiger partial charge in [-0.15, -0.1) is 0 Å². The van der Waals surface area contributed by atoms with E-state index in [2.05, 4.69) is 9.47 Å². The quantitative estimate of drug-likeness (QED) is 0.445. The summed E-state index contributed by atoms with van der Waals surface area (Å²) in [5.74, 6) is -2.40. The molecule has 3 N–H and O–H groups in total. The van der Waals surface area contributed by atoms with Crippen molar-refractivity contribution in [3.05, 3.63) is 0 Å². The maximum atomic E-state index is 10.9. The zero-order valence-corrected chi connectivity index (χ0v) is 8.26. The molecule has 0 aromatic carbocycles. The van der Waals surface area contributed by atoms with Gasteiger partial charge in [-0.1, -0.05) is 0 Å². The molecule has 7 nitrogen and oxygen atoms in total. The lowest BCUT2D eigenvalue weighted by Crippen LogP contribution is -2.30. The highest BCUT2D eigenvalue weighted by atomic mass is 16.7. The average Bonchev–Trinajstić information content (AvgIpc) is 2.13. The van der Waals surface area contributed by atoms with Crippen LogP contribution >= 0.6 is 0 Å². The molecule has 0 aromatic rings. The van der Waals surface area contributed by atoms with E-state index in [1.807, 2.05) is 0 Å². The van der Waals surface area contributed by atoms with E-state index in [1.165, 1.54) is 6.92 Å². The van der Waals surface area contributed by atoms with Crippen LogP contribution in [0.5, 0.6) is 0 Å². The highest BCUT2D eigenvalue weighted by Gasteiger charge is 2.14. The minimum Gasteiger partial charge on any atom is -0.480 e. The van der Waals surface area contributed by atoms with Gasteiger partial charge in [0, 0.05) is 13.3 Å². The summed E-state index contributed by atoms with van der Waals surface area (Å²) < 4.78 is 8.79. The Morgan fingerprint density at radius 1 is 1.33 bits per heavy atom. The fourth-order valence-electron chi connectivity index (χ4n) is 0.647. The van der Waals surface area contributed by atoms with Crippen molar-refractivity contribution in [2.24, 2.45) is 5.73 Å². The monoisotopic (exact) mass is 219 g/mol. The van der Waals surface area contributed by atoms with E-state index in [0.717, 1.165) is 0 Å². The molecule has 0 saturated heterocycles. The normalized spacial score (nSPS) is 11.6. The maximum Gasteiger partial charge on any atom is 0.320 e. The number of aliphatic carboxylic acids is 1. The zero-order chi connectivity index (χ0) is 11.8. The van der Waals surface area contributed by atoms with Crippen LogP contribution in [-0.4, -0.2) is 35.8 Å². The van der Waals surface area contributed by atoms with Crippen molar-refractivity contribution < 1.29 is 29.0 Å². The molecule has 0 radical (unpaired) electrons. The molecule has 0 aliphatic carbocycles. The molecule has 86 valence electrons. The van der Waals surface area contributed by atoms with Crippen LogP contribution in [0.2, 0.25) is 0 Å². The van der Waals surface area contributed by atoms with Gasteiger partial charge in [0.15, 0.2) is 0 Å². The molecule has 0 aliphatic rings. The van der Waals surface area contributed by atoms with Crippen LogP contribution in [0, 0.1) is 0 Å². The van der Waals surface area contributed by atoms with E-state index in [9.17, 15) is 14.4 Å². The predicted molar refractivity (Wildman–Crippen MR) is 47.6 cm³/mol. The number of carboxylic acids is 1. The SMILES string of the molecule is CC(=O)OCOC(=O)CCC(N)C(=O)O. The molecule has 7 heteroatoms. The Bertz CT molecular complexity index is 252. The van der Waals surface area contributed by atoms with Gasteiger partial charge >= 0.3 is 17.9 Å². The second-order valence-corrected chi connectivity index (χ2v) is 2.75. The number of hydrogen-bond acceptors (Lipinski definition) is 6. The first-order valence-corrected chi connectivity index (χ1v) is 4.21. The third-order valence-electron chi connectivity index (χ3n) is 1.46. The van der Waals surface area contributed by atoms with Gasteiger partial charge in [-0.25, -0.2) is 0 Å². The van der Waals surface area contributed by atoms with Crippen LogP contribution in [0.25, 0.3) is 0 Å². The molecule has 0 saturated carbocycles. The van der Waals surface area contributed by atoms with Crippen LogP contribution in [0.4, 0.5) is 0 Å². The molecule has 0 spiro atoms. The van der Waals surface area contributed by atoms with Crippen molar-refractivity contribution >= 4 is 17.9 Å². The summed E-state index contributed by atoms with van der Waals surface area (Å²) >= 11 is 0. The predicted octanol–water partition coefficient (Wildman–Crippen LogP) is -0.758. The summed E-state index contributed by atoms with van der Waals surface area (Å²) in [7, 11) is 0. The van der Waals surface area contributed by atoms with Crippen molar-refractivity contribution in [3.8, 4) is 0 Å². The third kappa shape index (κ3) is 7.44. The molecule has 0 heterocycles. The van der Waals surface area contributed by atoms with Gasteiger partial charge in [0.25, 0.3) is 0 Å². The summed E-state index contributed by atoms with van der Waals surface area (Å²) in [4.78, 5) is 31.4. The largest absolute Gasteiger partial charge is 0.480 e. The number of carboxylic acid groups (broad SMARTS) is 1. The molecular formula is C8H13NO6. The van der Waals surface area contributed by atoms with Gasteiger partial charge < -0.3 is 20.3 Å². The van der Waals surface area contributed by atoms with Gasteiger partial charge in [0.05, 0.1) is 0 Å². The smallest absolute Gasteiger partial charge is 0.320 e. The van der Waals surface area contributed by atoms with Crippen molar-refractivity contribution in [3.63, 3.8) is 0 Å². The Morgan fingerprint density at radius 2 is 1.93 bits per heavy atom. The number of ether oxygens (including phenoxy) is 2. The minimum atomic E-state index is -1.18. The lowest BCUT2D eigenvalue weighted by molar-refractivity contribution is -0.165.